The SMILES string of the molecule is O=C1CC(Nc2ccccn2)CN1Cc1ccccc1. The maximum absolute atomic E-state index is 12.0. The van der Waals surface area contributed by atoms with E-state index in [1.54, 1.807) is 6.20 Å². The van der Waals surface area contributed by atoms with Crippen LogP contribution in [0.15, 0.2) is 54.7 Å². The summed E-state index contributed by atoms with van der Waals surface area (Å²) >= 11 is 0. The van der Waals surface area contributed by atoms with Crippen molar-refractivity contribution >= 4 is 11.7 Å². The predicted molar refractivity (Wildman–Crippen MR) is 78.1 cm³/mol. The molecule has 20 heavy (non-hydrogen) atoms. The zero-order valence-electron chi connectivity index (χ0n) is 11.2. The monoisotopic (exact) mass is 267 g/mol. The lowest BCUT2D eigenvalue weighted by Crippen LogP contribution is -2.27. The smallest absolute Gasteiger partial charge is 0.225 e. The fraction of sp³-hybridized carbons (Fsp3) is 0.250. The number of anilines is 1. The molecule has 0 saturated carbocycles. The van der Waals surface area contributed by atoms with Crippen LogP contribution in [0.1, 0.15) is 12.0 Å². The molecule has 1 amide bonds. The van der Waals surface area contributed by atoms with Crippen molar-refractivity contribution in [1.29, 1.82) is 0 Å². The molecule has 0 bridgehead atoms. The van der Waals surface area contributed by atoms with Crippen molar-refractivity contribution in [1.82, 2.24) is 9.88 Å². The Morgan fingerprint density at radius 2 is 1.95 bits per heavy atom. The van der Waals surface area contributed by atoms with E-state index >= 15 is 0 Å². The molecule has 1 aliphatic rings. The van der Waals surface area contributed by atoms with E-state index < -0.39 is 0 Å². The maximum Gasteiger partial charge on any atom is 0.225 e. The van der Waals surface area contributed by atoms with Crippen molar-refractivity contribution < 1.29 is 4.79 Å². The number of benzene rings is 1. The number of carbonyl (C=O) groups is 1. The van der Waals surface area contributed by atoms with Gasteiger partial charge in [0.05, 0.1) is 6.04 Å². The molecule has 0 aliphatic carbocycles. The highest BCUT2D eigenvalue weighted by Gasteiger charge is 2.29. The number of amides is 1. The number of nitrogens with zero attached hydrogens (tertiary/aromatic N) is 2. The highest BCUT2D eigenvalue weighted by atomic mass is 16.2. The summed E-state index contributed by atoms with van der Waals surface area (Å²) < 4.78 is 0. The highest BCUT2D eigenvalue weighted by molar-refractivity contribution is 5.80. The number of hydrogen-bond acceptors (Lipinski definition) is 3. The molecular weight excluding hydrogens is 250 g/mol. The summed E-state index contributed by atoms with van der Waals surface area (Å²) in [7, 11) is 0. The zero-order valence-corrected chi connectivity index (χ0v) is 11.2. The van der Waals surface area contributed by atoms with E-state index in [4.69, 9.17) is 0 Å². The molecule has 1 aliphatic heterocycles. The van der Waals surface area contributed by atoms with Gasteiger partial charge in [-0.25, -0.2) is 4.98 Å². The molecule has 1 unspecified atom stereocenters. The van der Waals surface area contributed by atoms with Gasteiger partial charge in [-0.2, -0.15) is 0 Å². The minimum Gasteiger partial charge on any atom is -0.365 e. The standard InChI is InChI=1S/C16H17N3O/c20-16-10-14(18-15-8-4-5-9-17-15)12-19(16)11-13-6-2-1-3-7-13/h1-9,14H,10-12H2,(H,17,18). The molecule has 2 heterocycles. The summed E-state index contributed by atoms with van der Waals surface area (Å²) in [6.07, 6.45) is 2.28. The molecule has 1 fully saturated rings. The summed E-state index contributed by atoms with van der Waals surface area (Å²) in [4.78, 5) is 18.2. The average Bonchev–Trinajstić information content (AvgIpc) is 2.81. The van der Waals surface area contributed by atoms with Gasteiger partial charge in [-0.05, 0) is 17.7 Å². The summed E-state index contributed by atoms with van der Waals surface area (Å²) in [5.74, 6) is 1.02. The first-order valence-corrected chi connectivity index (χ1v) is 6.80. The first-order chi connectivity index (χ1) is 9.81. The Hall–Kier alpha value is -2.36. The molecule has 2 aromatic rings. The van der Waals surface area contributed by atoms with E-state index in [9.17, 15) is 4.79 Å². The summed E-state index contributed by atoms with van der Waals surface area (Å²) in [6.45, 7) is 1.41. The quantitative estimate of drug-likeness (QED) is 0.924. The van der Waals surface area contributed by atoms with Crippen LogP contribution in [0.2, 0.25) is 0 Å². The van der Waals surface area contributed by atoms with Gasteiger partial charge in [-0.1, -0.05) is 36.4 Å². The fourth-order valence-corrected chi connectivity index (χ4v) is 2.48. The Morgan fingerprint density at radius 1 is 1.15 bits per heavy atom. The van der Waals surface area contributed by atoms with E-state index in [1.807, 2.05) is 53.4 Å². The number of likely N-dealkylation sites (tertiary alicyclic amines) is 1. The summed E-state index contributed by atoms with van der Waals surface area (Å²) in [5.41, 5.74) is 1.17. The van der Waals surface area contributed by atoms with Crippen molar-refractivity contribution in [3.8, 4) is 0 Å². The topological polar surface area (TPSA) is 45.2 Å². The van der Waals surface area contributed by atoms with Crippen molar-refractivity contribution in [2.75, 3.05) is 11.9 Å². The van der Waals surface area contributed by atoms with Crippen molar-refractivity contribution in [3.05, 3.63) is 60.3 Å². The van der Waals surface area contributed by atoms with E-state index in [0.29, 0.717) is 13.0 Å². The number of hydrogen-bond donors (Lipinski definition) is 1. The van der Waals surface area contributed by atoms with Crippen LogP contribution in [-0.2, 0) is 11.3 Å². The molecular formula is C16H17N3O. The van der Waals surface area contributed by atoms with Gasteiger partial charge in [-0.3, -0.25) is 4.79 Å². The first-order valence-electron chi connectivity index (χ1n) is 6.80. The zero-order chi connectivity index (χ0) is 13.8. The van der Waals surface area contributed by atoms with E-state index in [-0.39, 0.29) is 11.9 Å². The van der Waals surface area contributed by atoms with Gasteiger partial charge in [0.1, 0.15) is 5.82 Å². The Kier molecular flexibility index (Phi) is 3.63. The Bertz CT molecular complexity index is 571. The van der Waals surface area contributed by atoms with E-state index in [0.717, 1.165) is 12.4 Å². The molecule has 0 spiro atoms. The van der Waals surface area contributed by atoms with Crippen LogP contribution in [0.5, 0.6) is 0 Å². The first kappa shape index (κ1) is 12.7. The third kappa shape index (κ3) is 2.96. The van der Waals surface area contributed by atoms with Gasteiger partial charge in [0.25, 0.3) is 0 Å². The number of carbonyl (C=O) groups excluding carboxylic acids is 1. The summed E-state index contributed by atoms with van der Waals surface area (Å²) in [6, 6.07) is 16.0. The molecule has 4 heteroatoms. The molecule has 1 aromatic heterocycles. The highest BCUT2D eigenvalue weighted by Crippen LogP contribution is 2.17. The van der Waals surface area contributed by atoms with E-state index in [1.165, 1.54) is 5.56 Å². The molecule has 102 valence electrons. The normalized spacial score (nSPS) is 18.3. The number of aromatic nitrogens is 1. The maximum atomic E-state index is 12.0. The van der Waals surface area contributed by atoms with Crippen molar-refractivity contribution in [2.45, 2.75) is 19.0 Å². The van der Waals surface area contributed by atoms with Crippen LogP contribution in [0.3, 0.4) is 0 Å². The van der Waals surface area contributed by atoms with Crippen LogP contribution >= 0.6 is 0 Å². The minimum atomic E-state index is 0.140. The third-order valence-electron chi connectivity index (χ3n) is 3.45. The van der Waals surface area contributed by atoms with Gasteiger partial charge in [-0.15, -0.1) is 0 Å². The lowest BCUT2D eigenvalue weighted by molar-refractivity contribution is -0.128. The van der Waals surface area contributed by atoms with Gasteiger partial charge >= 0.3 is 0 Å². The second-order valence-electron chi connectivity index (χ2n) is 5.02. The van der Waals surface area contributed by atoms with Gasteiger partial charge < -0.3 is 10.2 Å². The molecule has 1 saturated heterocycles. The average molecular weight is 267 g/mol. The van der Waals surface area contributed by atoms with Crippen molar-refractivity contribution in [2.24, 2.45) is 0 Å². The van der Waals surface area contributed by atoms with Crippen LogP contribution < -0.4 is 5.32 Å². The lowest BCUT2D eigenvalue weighted by Gasteiger charge is -2.17. The Balaban J connectivity index is 1.61. The van der Waals surface area contributed by atoms with Crippen LogP contribution in [0.4, 0.5) is 5.82 Å². The van der Waals surface area contributed by atoms with Crippen molar-refractivity contribution in [3.63, 3.8) is 0 Å². The Labute approximate surface area is 118 Å². The van der Waals surface area contributed by atoms with E-state index in [2.05, 4.69) is 10.3 Å². The van der Waals surface area contributed by atoms with Gasteiger partial charge in [0.2, 0.25) is 5.91 Å². The fourth-order valence-electron chi connectivity index (χ4n) is 2.48. The molecule has 0 radical (unpaired) electrons. The number of pyridine rings is 1. The Morgan fingerprint density at radius 3 is 2.70 bits per heavy atom. The second kappa shape index (κ2) is 5.74. The van der Waals surface area contributed by atoms with Crippen LogP contribution in [-0.4, -0.2) is 28.4 Å². The molecule has 1 aromatic carbocycles. The van der Waals surface area contributed by atoms with Crippen LogP contribution in [0.25, 0.3) is 0 Å². The summed E-state index contributed by atoms with van der Waals surface area (Å²) in [5, 5.41) is 3.31. The predicted octanol–water partition coefficient (Wildman–Crippen LogP) is 2.29. The molecule has 1 atom stereocenters. The van der Waals surface area contributed by atoms with Gasteiger partial charge in [0, 0.05) is 25.7 Å². The lowest BCUT2D eigenvalue weighted by atomic mass is 10.2. The number of nitrogens with one attached hydrogen (secondary N) is 1. The van der Waals surface area contributed by atoms with Gasteiger partial charge in [0.15, 0.2) is 0 Å². The third-order valence-corrected chi connectivity index (χ3v) is 3.45. The van der Waals surface area contributed by atoms with Crippen LogP contribution in [0, 0.1) is 0 Å². The number of rotatable bonds is 4. The second-order valence-corrected chi connectivity index (χ2v) is 5.02. The minimum absolute atomic E-state index is 0.140. The molecule has 3 rings (SSSR count). The molecule has 4 nitrogen and oxygen atoms in total. The largest absolute Gasteiger partial charge is 0.365 e. The molecule has 1 N–H and O–H groups in total.